The van der Waals surface area contributed by atoms with Gasteiger partial charge in [-0.2, -0.15) is 26.3 Å². The van der Waals surface area contributed by atoms with Crippen LogP contribution in [0.5, 0.6) is 0 Å². The number of nitrogens with one attached hydrogen (secondary N) is 1. The number of anilines is 2. The third-order valence-corrected chi connectivity index (χ3v) is 3.17. The lowest BCUT2D eigenvalue weighted by molar-refractivity contribution is -0.143. The highest BCUT2D eigenvalue weighted by atomic mass is 19.4. The van der Waals surface area contributed by atoms with Crippen molar-refractivity contribution < 1.29 is 26.3 Å². The van der Waals surface area contributed by atoms with E-state index < -0.39 is 23.5 Å². The van der Waals surface area contributed by atoms with Crippen LogP contribution in [0.25, 0.3) is 0 Å². The first kappa shape index (κ1) is 17.0. The van der Waals surface area contributed by atoms with Gasteiger partial charge in [0.15, 0.2) is 0 Å². The number of alkyl halides is 6. The number of rotatable bonds is 3. The van der Waals surface area contributed by atoms with E-state index in [0.29, 0.717) is 17.4 Å². The highest BCUT2D eigenvalue weighted by Crippen LogP contribution is 2.37. The second kappa shape index (κ2) is 6.02. The Labute approximate surface area is 127 Å². The predicted octanol–water partition coefficient (Wildman–Crippen LogP) is 4.92. The Morgan fingerprint density at radius 2 is 1.52 bits per heavy atom. The van der Waals surface area contributed by atoms with Gasteiger partial charge in [0, 0.05) is 6.54 Å². The van der Waals surface area contributed by atoms with E-state index in [9.17, 15) is 26.3 Å². The minimum absolute atomic E-state index is 0.116. The van der Waals surface area contributed by atoms with Crippen LogP contribution in [0.2, 0.25) is 0 Å². The van der Waals surface area contributed by atoms with E-state index in [0.717, 1.165) is 6.07 Å². The molecule has 0 amide bonds. The van der Waals surface area contributed by atoms with Gasteiger partial charge in [0.2, 0.25) is 0 Å². The Kier molecular flexibility index (Phi) is 4.44. The zero-order valence-corrected chi connectivity index (χ0v) is 11.6. The summed E-state index contributed by atoms with van der Waals surface area (Å²) in [7, 11) is 0. The molecule has 0 aliphatic heterocycles. The standard InChI is InChI=1S/C15H12F6N2/c16-14(17,18)10-6-5-9(11(7-10)15(19,20)21)8-23-13-4-2-1-3-12(13)22/h1-7,23H,8,22H2. The minimum atomic E-state index is -4.89. The second-order valence-corrected chi connectivity index (χ2v) is 4.81. The molecule has 124 valence electrons. The second-order valence-electron chi connectivity index (χ2n) is 4.81. The normalized spacial score (nSPS) is 12.3. The van der Waals surface area contributed by atoms with Crippen LogP contribution in [0.4, 0.5) is 37.7 Å². The maximum Gasteiger partial charge on any atom is 0.416 e. The van der Waals surface area contributed by atoms with Gasteiger partial charge in [0.1, 0.15) is 0 Å². The van der Waals surface area contributed by atoms with Gasteiger partial charge in [0.25, 0.3) is 0 Å². The zero-order chi connectivity index (χ0) is 17.3. The van der Waals surface area contributed by atoms with Crippen molar-refractivity contribution in [2.75, 3.05) is 11.1 Å². The molecule has 2 nitrogen and oxygen atoms in total. The third-order valence-electron chi connectivity index (χ3n) is 3.17. The summed E-state index contributed by atoms with van der Waals surface area (Å²) in [6, 6.07) is 7.96. The maximum absolute atomic E-state index is 13.0. The molecule has 23 heavy (non-hydrogen) atoms. The van der Waals surface area contributed by atoms with E-state index in [2.05, 4.69) is 5.32 Å². The average Bonchev–Trinajstić information content (AvgIpc) is 2.44. The molecule has 2 aromatic rings. The molecule has 0 heterocycles. The zero-order valence-electron chi connectivity index (χ0n) is 11.6. The van der Waals surface area contributed by atoms with Gasteiger partial charge in [-0.05, 0) is 29.8 Å². The van der Waals surface area contributed by atoms with Crippen LogP contribution in [-0.4, -0.2) is 0 Å². The summed E-state index contributed by atoms with van der Waals surface area (Å²) >= 11 is 0. The van der Waals surface area contributed by atoms with Gasteiger partial charge in [-0.25, -0.2) is 0 Å². The number of nitrogens with two attached hydrogens (primary N) is 1. The third kappa shape index (κ3) is 4.08. The maximum atomic E-state index is 13.0. The van der Waals surface area contributed by atoms with Crippen LogP contribution in [0.15, 0.2) is 42.5 Å². The molecule has 0 saturated carbocycles. The molecule has 0 unspecified atom stereocenters. The molecular formula is C15H12F6N2. The molecule has 3 N–H and O–H groups in total. The quantitative estimate of drug-likeness (QED) is 0.618. The Hall–Kier alpha value is -2.38. The topological polar surface area (TPSA) is 38.0 Å². The summed E-state index contributed by atoms with van der Waals surface area (Å²) in [6.45, 7) is -0.304. The van der Waals surface area contributed by atoms with Gasteiger partial charge < -0.3 is 11.1 Å². The number of nitrogen functional groups attached to an aromatic ring is 1. The van der Waals surface area contributed by atoms with Crippen molar-refractivity contribution in [3.05, 3.63) is 59.2 Å². The van der Waals surface area contributed by atoms with Crippen LogP contribution >= 0.6 is 0 Å². The molecule has 2 rings (SSSR count). The number of hydrogen-bond acceptors (Lipinski definition) is 2. The lowest BCUT2D eigenvalue weighted by Crippen LogP contribution is -2.15. The van der Waals surface area contributed by atoms with E-state index in [4.69, 9.17) is 5.73 Å². The van der Waals surface area contributed by atoms with Crippen molar-refractivity contribution in [2.45, 2.75) is 18.9 Å². The molecule has 0 aromatic heterocycles. The van der Waals surface area contributed by atoms with Gasteiger partial charge in [0.05, 0.1) is 22.5 Å². The van der Waals surface area contributed by atoms with E-state index in [1.165, 1.54) is 0 Å². The van der Waals surface area contributed by atoms with Crippen molar-refractivity contribution in [3.63, 3.8) is 0 Å². The molecule has 0 aliphatic rings. The predicted molar refractivity (Wildman–Crippen MR) is 74.6 cm³/mol. The van der Waals surface area contributed by atoms with Crippen molar-refractivity contribution >= 4 is 11.4 Å². The van der Waals surface area contributed by atoms with Crippen LogP contribution in [-0.2, 0) is 18.9 Å². The first-order chi connectivity index (χ1) is 10.6. The van der Waals surface area contributed by atoms with Crippen LogP contribution in [0.1, 0.15) is 16.7 Å². The molecule has 0 aliphatic carbocycles. The van der Waals surface area contributed by atoms with Crippen molar-refractivity contribution in [2.24, 2.45) is 0 Å². The lowest BCUT2D eigenvalue weighted by atomic mass is 10.0. The molecule has 0 spiro atoms. The van der Waals surface area contributed by atoms with Gasteiger partial charge in [-0.1, -0.05) is 18.2 Å². The van der Waals surface area contributed by atoms with E-state index in [-0.39, 0.29) is 18.2 Å². The molecule has 0 atom stereocenters. The largest absolute Gasteiger partial charge is 0.416 e. The SMILES string of the molecule is Nc1ccccc1NCc1ccc(C(F)(F)F)cc1C(F)(F)F. The lowest BCUT2D eigenvalue weighted by Gasteiger charge is -2.17. The fourth-order valence-corrected chi connectivity index (χ4v) is 2.02. The van der Waals surface area contributed by atoms with Crippen LogP contribution in [0, 0.1) is 0 Å². The molecule has 8 heteroatoms. The Balaban J connectivity index is 2.33. The Morgan fingerprint density at radius 3 is 2.09 bits per heavy atom. The fourth-order valence-electron chi connectivity index (χ4n) is 2.02. The van der Waals surface area contributed by atoms with Gasteiger partial charge in [-0.15, -0.1) is 0 Å². The minimum Gasteiger partial charge on any atom is -0.397 e. The van der Waals surface area contributed by atoms with Gasteiger partial charge in [-0.3, -0.25) is 0 Å². The Bertz CT molecular complexity index is 691. The van der Waals surface area contributed by atoms with Crippen molar-refractivity contribution in [1.29, 1.82) is 0 Å². The molecular weight excluding hydrogens is 322 g/mol. The van der Waals surface area contributed by atoms with E-state index in [1.54, 1.807) is 24.3 Å². The highest BCUT2D eigenvalue weighted by molar-refractivity contribution is 5.65. The molecule has 0 bridgehead atoms. The summed E-state index contributed by atoms with van der Waals surface area (Å²) in [5.41, 5.74) is 3.42. The van der Waals surface area contributed by atoms with Crippen molar-refractivity contribution in [1.82, 2.24) is 0 Å². The molecule has 0 radical (unpaired) electrons. The summed E-state index contributed by atoms with van der Waals surface area (Å²) in [5, 5.41) is 2.69. The van der Waals surface area contributed by atoms with Gasteiger partial charge >= 0.3 is 12.4 Å². The highest BCUT2D eigenvalue weighted by Gasteiger charge is 2.37. The van der Waals surface area contributed by atoms with E-state index in [1.807, 2.05) is 0 Å². The first-order valence-electron chi connectivity index (χ1n) is 6.45. The smallest absolute Gasteiger partial charge is 0.397 e. The van der Waals surface area contributed by atoms with Crippen molar-refractivity contribution in [3.8, 4) is 0 Å². The monoisotopic (exact) mass is 334 g/mol. The summed E-state index contributed by atoms with van der Waals surface area (Å²) < 4.78 is 76.8. The number of halogens is 6. The molecule has 2 aromatic carbocycles. The number of para-hydroxylation sites is 2. The first-order valence-corrected chi connectivity index (χ1v) is 6.45. The molecule has 0 fully saturated rings. The Morgan fingerprint density at radius 1 is 0.870 bits per heavy atom. The molecule has 0 saturated heterocycles. The fraction of sp³-hybridized carbons (Fsp3) is 0.200. The number of hydrogen-bond donors (Lipinski definition) is 2. The van der Waals surface area contributed by atoms with Crippen LogP contribution in [0.3, 0.4) is 0 Å². The number of benzene rings is 2. The average molecular weight is 334 g/mol. The van der Waals surface area contributed by atoms with Crippen LogP contribution < -0.4 is 11.1 Å². The summed E-state index contributed by atoms with van der Waals surface area (Å²) in [6.07, 6.45) is -9.73. The van der Waals surface area contributed by atoms with E-state index >= 15 is 0 Å². The summed E-state index contributed by atoms with van der Waals surface area (Å²) in [5.74, 6) is 0. The summed E-state index contributed by atoms with van der Waals surface area (Å²) in [4.78, 5) is 0.